The van der Waals surface area contributed by atoms with Gasteiger partial charge in [-0.15, -0.1) is 0 Å². The van der Waals surface area contributed by atoms with Crippen LogP contribution in [0.5, 0.6) is 0 Å². The maximum Gasteiger partial charge on any atom is 0.436 e. The van der Waals surface area contributed by atoms with Crippen molar-refractivity contribution in [2.45, 2.75) is 52.7 Å². The van der Waals surface area contributed by atoms with Crippen LogP contribution in [0.4, 0.5) is 9.59 Å². The van der Waals surface area contributed by atoms with Gasteiger partial charge in [0.25, 0.3) is 0 Å². The summed E-state index contributed by atoms with van der Waals surface area (Å²) in [6, 6.07) is 0. The van der Waals surface area contributed by atoms with Crippen LogP contribution in [0.25, 0.3) is 0 Å². The lowest BCUT2D eigenvalue weighted by molar-refractivity contribution is 0.0405. The lowest BCUT2D eigenvalue weighted by Gasteiger charge is -2.24. The van der Waals surface area contributed by atoms with E-state index in [2.05, 4.69) is 4.99 Å². The first kappa shape index (κ1) is 18.8. The number of amidine groups is 1. The fourth-order valence-corrected chi connectivity index (χ4v) is 1.54. The van der Waals surface area contributed by atoms with E-state index >= 15 is 0 Å². The van der Waals surface area contributed by atoms with E-state index in [1.165, 1.54) is 11.9 Å². The molecule has 0 heterocycles. The van der Waals surface area contributed by atoms with E-state index < -0.39 is 23.4 Å². The van der Waals surface area contributed by atoms with Gasteiger partial charge < -0.3 is 9.47 Å². The molecule has 0 aliphatic carbocycles. The van der Waals surface area contributed by atoms with Gasteiger partial charge in [0.2, 0.25) is 0 Å². The standard InChI is InChI=1S/C13H24N2O4S/c1-12(2,3)18-10(16)14-9(20-8)15(7)11(17)19-13(4,5)6/h1-8H3/b14-9+. The molecule has 0 bridgehead atoms. The summed E-state index contributed by atoms with van der Waals surface area (Å²) in [7, 11) is 1.49. The predicted molar refractivity (Wildman–Crippen MR) is 81.2 cm³/mol. The summed E-state index contributed by atoms with van der Waals surface area (Å²) < 4.78 is 10.3. The molecule has 0 unspecified atom stereocenters. The molecule has 0 aromatic heterocycles. The van der Waals surface area contributed by atoms with E-state index in [9.17, 15) is 9.59 Å². The summed E-state index contributed by atoms with van der Waals surface area (Å²) in [6.45, 7) is 10.5. The van der Waals surface area contributed by atoms with Crippen molar-refractivity contribution in [3.63, 3.8) is 0 Å². The van der Waals surface area contributed by atoms with E-state index in [-0.39, 0.29) is 5.17 Å². The summed E-state index contributed by atoms with van der Waals surface area (Å²) in [5.74, 6) is 0. The van der Waals surface area contributed by atoms with Gasteiger partial charge in [-0.3, -0.25) is 4.90 Å². The minimum absolute atomic E-state index is 0.216. The van der Waals surface area contributed by atoms with Crippen LogP contribution >= 0.6 is 11.8 Å². The second-order valence-corrected chi connectivity index (χ2v) is 6.89. The van der Waals surface area contributed by atoms with Gasteiger partial charge in [0.1, 0.15) is 11.2 Å². The Morgan fingerprint density at radius 3 is 1.80 bits per heavy atom. The molecule has 0 aromatic carbocycles. The number of hydrogen-bond acceptors (Lipinski definition) is 5. The number of rotatable bonds is 0. The highest BCUT2D eigenvalue weighted by Gasteiger charge is 2.24. The van der Waals surface area contributed by atoms with Gasteiger partial charge in [-0.25, -0.2) is 9.59 Å². The number of carbonyl (C=O) groups excluding carboxylic acids is 2. The molecule has 0 saturated heterocycles. The van der Waals surface area contributed by atoms with Gasteiger partial charge in [0.05, 0.1) is 0 Å². The largest absolute Gasteiger partial charge is 0.443 e. The van der Waals surface area contributed by atoms with Crippen LogP contribution in [0.1, 0.15) is 41.5 Å². The third-order valence-electron chi connectivity index (χ3n) is 1.72. The van der Waals surface area contributed by atoms with Gasteiger partial charge in [-0.05, 0) is 47.8 Å². The number of hydrogen-bond donors (Lipinski definition) is 0. The van der Waals surface area contributed by atoms with Crippen molar-refractivity contribution < 1.29 is 19.1 Å². The molecule has 0 radical (unpaired) electrons. The van der Waals surface area contributed by atoms with E-state index in [0.29, 0.717) is 0 Å². The van der Waals surface area contributed by atoms with E-state index in [4.69, 9.17) is 9.47 Å². The molecule has 116 valence electrons. The van der Waals surface area contributed by atoms with Crippen LogP contribution in [-0.2, 0) is 9.47 Å². The maximum absolute atomic E-state index is 11.9. The van der Waals surface area contributed by atoms with Gasteiger partial charge in [0, 0.05) is 7.05 Å². The Bertz CT molecular complexity index is 394. The van der Waals surface area contributed by atoms with Crippen molar-refractivity contribution in [3.8, 4) is 0 Å². The Balaban J connectivity index is 4.90. The fourth-order valence-electron chi connectivity index (χ4n) is 1.03. The second-order valence-electron chi connectivity index (χ2n) is 6.12. The molecule has 7 heteroatoms. The summed E-state index contributed by atoms with van der Waals surface area (Å²) >= 11 is 1.16. The molecular weight excluding hydrogens is 280 g/mol. The molecule has 0 aliphatic rings. The average Bonchev–Trinajstić information content (AvgIpc) is 2.19. The zero-order valence-electron chi connectivity index (χ0n) is 13.4. The van der Waals surface area contributed by atoms with Crippen molar-refractivity contribution in [2.75, 3.05) is 13.3 Å². The summed E-state index contributed by atoms with van der Waals surface area (Å²) in [6.07, 6.45) is 0.399. The Hall–Kier alpha value is -1.24. The van der Waals surface area contributed by atoms with Gasteiger partial charge >= 0.3 is 12.2 Å². The zero-order chi connectivity index (χ0) is 16.1. The quantitative estimate of drug-likeness (QED) is 0.506. The highest BCUT2D eigenvalue weighted by atomic mass is 32.2. The monoisotopic (exact) mass is 304 g/mol. The number of ether oxygens (including phenoxy) is 2. The molecule has 0 fully saturated rings. The molecule has 0 saturated carbocycles. The molecule has 0 atom stereocenters. The topological polar surface area (TPSA) is 68.2 Å². The van der Waals surface area contributed by atoms with Crippen molar-refractivity contribution in [3.05, 3.63) is 0 Å². The fraction of sp³-hybridized carbons (Fsp3) is 0.769. The van der Waals surface area contributed by atoms with Crippen LogP contribution in [-0.4, -0.2) is 46.8 Å². The van der Waals surface area contributed by atoms with Crippen LogP contribution in [0.2, 0.25) is 0 Å². The Morgan fingerprint density at radius 1 is 1.00 bits per heavy atom. The average molecular weight is 304 g/mol. The normalized spacial score (nSPS) is 12.9. The lowest BCUT2D eigenvalue weighted by Crippen LogP contribution is -2.37. The molecule has 2 amide bonds. The summed E-state index contributed by atoms with van der Waals surface area (Å²) in [4.78, 5) is 28.5. The van der Waals surface area contributed by atoms with Gasteiger partial charge in [-0.2, -0.15) is 4.99 Å². The third kappa shape index (κ3) is 8.04. The number of nitrogens with zero attached hydrogens (tertiary/aromatic N) is 2. The van der Waals surface area contributed by atoms with Crippen LogP contribution in [0.15, 0.2) is 4.99 Å². The molecule has 0 aliphatic heterocycles. The van der Waals surface area contributed by atoms with Crippen LogP contribution < -0.4 is 0 Å². The second kappa shape index (κ2) is 6.97. The molecule has 0 rings (SSSR count). The highest BCUT2D eigenvalue weighted by molar-refractivity contribution is 8.13. The van der Waals surface area contributed by atoms with E-state index in [0.717, 1.165) is 11.8 Å². The Kier molecular flexibility index (Phi) is 6.53. The SMILES string of the molecule is CS/C(=N/C(=O)OC(C)(C)C)N(C)C(=O)OC(C)(C)C. The number of carbonyl (C=O) groups is 2. The Morgan fingerprint density at radius 2 is 1.45 bits per heavy atom. The molecule has 0 spiro atoms. The molecule has 0 N–H and O–H groups in total. The number of amides is 2. The van der Waals surface area contributed by atoms with Crippen molar-refractivity contribution in [2.24, 2.45) is 4.99 Å². The lowest BCUT2D eigenvalue weighted by atomic mass is 10.2. The number of aliphatic imine (C=N–C) groups is 1. The van der Waals surface area contributed by atoms with Gasteiger partial charge in [0.15, 0.2) is 5.17 Å². The minimum atomic E-state index is -0.739. The summed E-state index contributed by atoms with van der Waals surface area (Å²) in [5.41, 5.74) is -1.24. The first-order valence-corrected chi connectivity index (χ1v) is 7.40. The predicted octanol–water partition coefficient (Wildman–Crippen LogP) is 3.51. The highest BCUT2D eigenvalue weighted by Crippen LogP contribution is 2.14. The third-order valence-corrected chi connectivity index (χ3v) is 2.45. The van der Waals surface area contributed by atoms with Gasteiger partial charge in [-0.1, -0.05) is 11.8 Å². The van der Waals surface area contributed by atoms with Crippen molar-refractivity contribution >= 4 is 29.1 Å². The Labute approximate surface area is 124 Å². The zero-order valence-corrected chi connectivity index (χ0v) is 14.3. The van der Waals surface area contributed by atoms with Crippen LogP contribution in [0, 0.1) is 0 Å². The smallest absolute Gasteiger partial charge is 0.436 e. The van der Waals surface area contributed by atoms with Crippen molar-refractivity contribution in [1.82, 2.24) is 4.90 Å². The first-order chi connectivity index (χ1) is 8.85. The number of thioether (sulfide) groups is 1. The first-order valence-electron chi connectivity index (χ1n) is 6.18. The van der Waals surface area contributed by atoms with Crippen molar-refractivity contribution in [1.29, 1.82) is 0 Å². The molecule has 6 nitrogen and oxygen atoms in total. The molecular formula is C13H24N2O4S. The van der Waals surface area contributed by atoms with E-state index in [1.807, 2.05) is 0 Å². The van der Waals surface area contributed by atoms with Crippen LogP contribution in [0.3, 0.4) is 0 Å². The molecule has 0 aromatic rings. The maximum atomic E-state index is 11.9. The van der Waals surface area contributed by atoms with E-state index in [1.54, 1.807) is 47.8 Å². The molecule has 20 heavy (non-hydrogen) atoms. The minimum Gasteiger partial charge on any atom is -0.443 e. The summed E-state index contributed by atoms with van der Waals surface area (Å²) in [5, 5.41) is 0.216.